The zero-order chi connectivity index (χ0) is 28.4. The van der Waals surface area contributed by atoms with Crippen molar-refractivity contribution in [2.75, 3.05) is 19.5 Å². The van der Waals surface area contributed by atoms with E-state index in [1.165, 1.54) is 30.9 Å². The van der Waals surface area contributed by atoms with Crippen LogP contribution in [0.15, 0.2) is 88.4 Å². The monoisotopic (exact) mass is 603 g/mol. The van der Waals surface area contributed by atoms with Crippen LogP contribution in [0.3, 0.4) is 0 Å². The van der Waals surface area contributed by atoms with Gasteiger partial charge in [-0.1, -0.05) is 18.2 Å². The molecule has 2 heterocycles. The first-order chi connectivity index (χ1) is 19.3. The molecule has 1 amide bonds. The summed E-state index contributed by atoms with van der Waals surface area (Å²) in [5.74, 6) is -0.112. The van der Waals surface area contributed by atoms with Gasteiger partial charge in [0.25, 0.3) is 11.5 Å². The Kier molecular flexibility index (Phi) is 7.52. The number of para-hydroxylation sites is 1. The molecule has 3 aromatic carbocycles. The Morgan fingerprint density at radius 3 is 2.38 bits per heavy atom. The smallest absolute Gasteiger partial charge is 0.268 e. The first-order valence-corrected chi connectivity index (χ1v) is 12.9. The topological polar surface area (TPSA) is 91.7 Å². The van der Waals surface area contributed by atoms with E-state index in [1.807, 2.05) is 6.07 Å². The lowest BCUT2D eigenvalue weighted by atomic mass is 10.1. The molecule has 0 aliphatic heterocycles. The van der Waals surface area contributed by atoms with E-state index in [1.54, 1.807) is 61.8 Å². The Bertz CT molecular complexity index is 1810. The van der Waals surface area contributed by atoms with Crippen molar-refractivity contribution in [3.8, 4) is 28.7 Å². The number of nitrogens with zero attached hydrogens (tertiary/aromatic N) is 2. The van der Waals surface area contributed by atoms with Crippen LogP contribution in [0, 0.1) is 12.7 Å². The van der Waals surface area contributed by atoms with E-state index in [0.717, 1.165) is 6.07 Å². The third-order valence-electron chi connectivity index (χ3n) is 6.29. The molecule has 10 heteroatoms. The van der Waals surface area contributed by atoms with Gasteiger partial charge in [0, 0.05) is 45.8 Å². The predicted molar refractivity (Wildman–Crippen MR) is 154 cm³/mol. The number of carbonyl (C=O) groups is 1. The van der Waals surface area contributed by atoms with Gasteiger partial charge in [0.15, 0.2) is 23.1 Å². The summed E-state index contributed by atoms with van der Waals surface area (Å²) < 4.78 is 33.7. The van der Waals surface area contributed by atoms with Crippen LogP contribution >= 0.6 is 15.9 Å². The summed E-state index contributed by atoms with van der Waals surface area (Å²) in [5, 5.41) is 3.22. The van der Waals surface area contributed by atoms with E-state index in [0.29, 0.717) is 43.9 Å². The van der Waals surface area contributed by atoms with E-state index >= 15 is 4.39 Å². The maximum absolute atomic E-state index is 15.2. The van der Waals surface area contributed by atoms with Crippen molar-refractivity contribution in [3.05, 3.63) is 111 Å². The van der Waals surface area contributed by atoms with Gasteiger partial charge in [0.1, 0.15) is 11.3 Å². The number of ether oxygens (including phenoxy) is 3. The second-order valence-corrected chi connectivity index (χ2v) is 9.58. The summed E-state index contributed by atoms with van der Waals surface area (Å²) in [6.07, 6.45) is 3.16. The van der Waals surface area contributed by atoms with Crippen LogP contribution in [0.2, 0.25) is 0 Å². The first-order valence-electron chi connectivity index (χ1n) is 12.1. The van der Waals surface area contributed by atoms with Crippen molar-refractivity contribution in [2.45, 2.75) is 6.92 Å². The number of halogens is 2. The Balaban J connectivity index is 1.43. The van der Waals surface area contributed by atoms with Gasteiger partial charge in [-0.25, -0.2) is 4.39 Å². The number of pyridine rings is 2. The van der Waals surface area contributed by atoms with E-state index in [-0.39, 0.29) is 17.0 Å². The van der Waals surface area contributed by atoms with Crippen LogP contribution in [0.4, 0.5) is 10.1 Å². The molecule has 0 aliphatic rings. The van der Waals surface area contributed by atoms with Crippen LogP contribution in [0.5, 0.6) is 23.0 Å². The average Bonchev–Trinajstić information content (AvgIpc) is 2.96. The number of amides is 1. The molecule has 0 saturated carbocycles. The number of benzene rings is 3. The molecule has 0 spiro atoms. The van der Waals surface area contributed by atoms with Gasteiger partial charge < -0.3 is 19.5 Å². The van der Waals surface area contributed by atoms with E-state index < -0.39 is 17.3 Å². The molecule has 0 radical (unpaired) electrons. The molecule has 0 bridgehead atoms. The van der Waals surface area contributed by atoms with Gasteiger partial charge in [0.05, 0.1) is 19.7 Å². The lowest BCUT2D eigenvalue weighted by molar-refractivity contribution is 0.102. The van der Waals surface area contributed by atoms with Crippen LogP contribution < -0.4 is 25.1 Å². The highest BCUT2D eigenvalue weighted by Gasteiger charge is 2.20. The molecule has 1 N–H and O–H groups in total. The van der Waals surface area contributed by atoms with Gasteiger partial charge in [0.2, 0.25) is 0 Å². The summed E-state index contributed by atoms with van der Waals surface area (Å²) in [6.45, 7) is 1.66. The largest absolute Gasteiger partial charge is 0.493 e. The lowest BCUT2D eigenvalue weighted by Crippen LogP contribution is -2.29. The van der Waals surface area contributed by atoms with Gasteiger partial charge in [-0.05, 0) is 64.8 Å². The fraction of sp³-hybridized carbons (Fsp3) is 0.100. The standard InChI is InChI=1S/C30H23BrFN3O5/c1-17-21(31)16-35(19-7-5-4-6-8-19)30(37)28(17)29(36)34-18-9-10-25(22(32)13-18)40-24-11-12-33-23-15-27(39-3)26(38-2)14-20(23)24/h4-16H,1-3H3,(H,34,36). The van der Waals surface area contributed by atoms with Crippen LogP contribution in [-0.4, -0.2) is 29.7 Å². The summed E-state index contributed by atoms with van der Waals surface area (Å²) in [4.78, 5) is 30.8. The summed E-state index contributed by atoms with van der Waals surface area (Å²) in [6, 6.07) is 18.0. The molecular formula is C30H23BrFN3O5. The van der Waals surface area contributed by atoms with Crippen LogP contribution in [0.1, 0.15) is 15.9 Å². The second-order valence-electron chi connectivity index (χ2n) is 8.72. The SMILES string of the molecule is COc1cc2nccc(Oc3ccc(NC(=O)c4c(C)c(Br)cn(-c5ccccc5)c4=O)cc3F)c2cc1OC. The molecule has 5 rings (SSSR count). The minimum Gasteiger partial charge on any atom is -0.493 e. The molecular weight excluding hydrogens is 581 g/mol. The number of methoxy groups -OCH3 is 2. The molecule has 0 atom stereocenters. The lowest BCUT2D eigenvalue weighted by Gasteiger charge is -2.14. The van der Waals surface area contributed by atoms with Crippen molar-refractivity contribution in [3.63, 3.8) is 0 Å². The third-order valence-corrected chi connectivity index (χ3v) is 7.09. The molecule has 0 fully saturated rings. The molecule has 0 aliphatic carbocycles. The fourth-order valence-electron chi connectivity index (χ4n) is 4.23. The van der Waals surface area contributed by atoms with E-state index in [2.05, 4.69) is 26.2 Å². The number of rotatable bonds is 7. The summed E-state index contributed by atoms with van der Waals surface area (Å²) >= 11 is 3.43. The zero-order valence-corrected chi connectivity index (χ0v) is 23.3. The molecule has 0 unspecified atom stereocenters. The fourth-order valence-corrected chi connectivity index (χ4v) is 4.63. The van der Waals surface area contributed by atoms with Gasteiger partial charge in [-0.15, -0.1) is 0 Å². The molecule has 8 nitrogen and oxygen atoms in total. The minimum absolute atomic E-state index is 0.0633. The summed E-state index contributed by atoms with van der Waals surface area (Å²) in [7, 11) is 3.04. The van der Waals surface area contributed by atoms with Gasteiger partial charge >= 0.3 is 0 Å². The highest BCUT2D eigenvalue weighted by molar-refractivity contribution is 9.10. The second kappa shape index (κ2) is 11.2. The maximum Gasteiger partial charge on any atom is 0.268 e. The van der Waals surface area contributed by atoms with Crippen molar-refractivity contribution in [1.29, 1.82) is 0 Å². The number of nitrogens with one attached hydrogen (secondary N) is 1. The average molecular weight is 604 g/mol. The Morgan fingerprint density at radius 1 is 0.950 bits per heavy atom. The molecule has 202 valence electrons. The number of hydrogen-bond donors (Lipinski definition) is 1. The molecule has 40 heavy (non-hydrogen) atoms. The number of hydrogen-bond acceptors (Lipinski definition) is 6. The molecule has 5 aromatic rings. The normalized spacial score (nSPS) is 10.8. The van der Waals surface area contributed by atoms with Crippen molar-refractivity contribution >= 4 is 38.4 Å². The maximum atomic E-state index is 15.2. The minimum atomic E-state index is -0.712. The Morgan fingerprint density at radius 2 is 1.68 bits per heavy atom. The number of carbonyl (C=O) groups excluding carboxylic acids is 1. The van der Waals surface area contributed by atoms with Crippen LogP contribution in [-0.2, 0) is 0 Å². The highest BCUT2D eigenvalue weighted by Crippen LogP contribution is 2.37. The number of anilines is 1. The number of aromatic nitrogens is 2. The van der Waals surface area contributed by atoms with Crippen LogP contribution in [0.25, 0.3) is 16.6 Å². The van der Waals surface area contributed by atoms with Crippen molar-refractivity contribution < 1.29 is 23.4 Å². The predicted octanol–water partition coefficient (Wildman–Crippen LogP) is 6.66. The Labute approximate surface area is 237 Å². The Hall–Kier alpha value is -4.70. The van der Waals surface area contributed by atoms with Crippen molar-refractivity contribution in [1.82, 2.24) is 9.55 Å². The quantitative estimate of drug-likeness (QED) is 0.224. The van der Waals surface area contributed by atoms with E-state index in [9.17, 15) is 9.59 Å². The van der Waals surface area contributed by atoms with E-state index in [4.69, 9.17) is 14.2 Å². The summed E-state index contributed by atoms with van der Waals surface area (Å²) in [5.41, 5.74) is 1.24. The van der Waals surface area contributed by atoms with Gasteiger partial charge in [-0.2, -0.15) is 0 Å². The van der Waals surface area contributed by atoms with Crippen molar-refractivity contribution in [2.24, 2.45) is 0 Å². The highest BCUT2D eigenvalue weighted by atomic mass is 79.9. The van der Waals surface area contributed by atoms with Gasteiger partial charge in [-0.3, -0.25) is 19.1 Å². The molecule has 2 aromatic heterocycles. The zero-order valence-electron chi connectivity index (χ0n) is 21.7. The number of fused-ring (bicyclic) bond motifs is 1. The first kappa shape index (κ1) is 26.9. The third kappa shape index (κ3) is 5.13. The molecule has 0 saturated heterocycles.